The van der Waals surface area contributed by atoms with Crippen LogP contribution in [0.25, 0.3) is 0 Å². The summed E-state index contributed by atoms with van der Waals surface area (Å²) in [5.41, 5.74) is 6.40. The first-order valence-corrected chi connectivity index (χ1v) is 5.75. The number of benzene rings is 1. The number of carbonyl (C=O) groups is 1. The van der Waals surface area contributed by atoms with Gasteiger partial charge in [-0.25, -0.2) is 0 Å². The molecule has 0 radical (unpaired) electrons. The predicted octanol–water partition coefficient (Wildman–Crippen LogP) is 1.81. The van der Waals surface area contributed by atoms with Gasteiger partial charge in [-0.05, 0) is 19.0 Å². The summed E-state index contributed by atoms with van der Waals surface area (Å²) in [4.78, 5) is 13.4. The molecular weight excluding hydrogens is 252 g/mol. The van der Waals surface area contributed by atoms with E-state index in [-0.39, 0.29) is 18.3 Å². The number of rotatable bonds is 6. The number of amides is 1. The molecule has 0 aliphatic heterocycles. The number of halogens is 1. The first-order chi connectivity index (χ1) is 8.19. The van der Waals surface area contributed by atoms with Crippen molar-refractivity contribution in [2.24, 2.45) is 5.73 Å². The molecule has 0 bridgehead atoms. The second kappa shape index (κ2) is 8.78. The van der Waals surface area contributed by atoms with Crippen LogP contribution in [0.15, 0.2) is 24.3 Å². The number of nitrogens with two attached hydrogens (primary N) is 1. The molecule has 1 aromatic carbocycles. The average Bonchev–Trinajstić information content (AvgIpc) is 2.36. The lowest BCUT2D eigenvalue weighted by atomic mass is 10.2. The minimum absolute atomic E-state index is 0. The van der Waals surface area contributed by atoms with Gasteiger partial charge in [0.15, 0.2) is 0 Å². The Balaban J connectivity index is 0.00000289. The summed E-state index contributed by atoms with van der Waals surface area (Å²) in [5.74, 6) is 0.923. The molecule has 0 unspecified atom stereocenters. The van der Waals surface area contributed by atoms with Gasteiger partial charge >= 0.3 is 0 Å². The van der Waals surface area contributed by atoms with Crippen LogP contribution < -0.4 is 10.5 Å². The second-order valence-corrected chi connectivity index (χ2v) is 3.95. The van der Waals surface area contributed by atoms with Crippen molar-refractivity contribution in [1.82, 2.24) is 4.90 Å². The van der Waals surface area contributed by atoms with Crippen molar-refractivity contribution in [3.63, 3.8) is 0 Å². The van der Waals surface area contributed by atoms with E-state index in [0.29, 0.717) is 19.5 Å². The third-order valence-corrected chi connectivity index (χ3v) is 2.62. The molecule has 1 rings (SSSR count). The van der Waals surface area contributed by atoms with Crippen LogP contribution in [0.4, 0.5) is 0 Å². The van der Waals surface area contributed by atoms with Crippen LogP contribution in [-0.4, -0.2) is 31.5 Å². The first kappa shape index (κ1) is 16.7. The largest absolute Gasteiger partial charge is 0.496 e. The van der Waals surface area contributed by atoms with Crippen LogP contribution in [-0.2, 0) is 11.3 Å². The van der Waals surface area contributed by atoms with Gasteiger partial charge in [0.2, 0.25) is 5.91 Å². The molecule has 0 aromatic heterocycles. The van der Waals surface area contributed by atoms with Gasteiger partial charge in [-0.2, -0.15) is 0 Å². The molecule has 1 amide bonds. The van der Waals surface area contributed by atoms with Gasteiger partial charge in [0.05, 0.1) is 7.11 Å². The molecule has 5 heteroatoms. The molecule has 102 valence electrons. The lowest BCUT2D eigenvalue weighted by molar-refractivity contribution is -0.130. The standard InChI is InChI=1S/C13H20N2O2.ClH/c1-15(13(16)8-5-9-14)10-11-6-3-4-7-12(11)17-2;/h3-4,6-7H,5,8-10,14H2,1-2H3;1H. The zero-order chi connectivity index (χ0) is 12.7. The van der Waals surface area contributed by atoms with Crippen molar-refractivity contribution in [3.8, 4) is 5.75 Å². The quantitative estimate of drug-likeness (QED) is 0.859. The summed E-state index contributed by atoms with van der Waals surface area (Å²) in [6, 6.07) is 7.72. The molecule has 0 saturated heterocycles. The number of nitrogens with zero attached hydrogens (tertiary/aromatic N) is 1. The van der Waals surface area contributed by atoms with Crippen molar-refractivity contribution in [2.45, 2.75) is 19.4 Å². The normalized spacial score (nSPS) is 9.50. The molecule has 2 N–H and O–H groups in total. The molecule has 1 aromatic rings. The van der Waals surface area contributed by atoms with Crippen LogP contribution >= 0.6 is 12.4 Å². The number of carbonyl (C=O) groups excluding carboxylic acids is 1. The third kappa shape index (κ3) is 4.94. The predicted molar refractivity (Wildman–Crippen MR) is 75.0 cm³/mol. The number of methoxy groups -OCH3 is 1. The Hall–Kier alpha value is -1.26. The summed E-state index contributed by atoms with van der Waals surface area (Å²) >= 11 is 0. The van der Waals surface area contributed by atoms with Crippen molar-refractivity contribution in [1.29, 1.82) is 0 Å². The summed E-state index contributed by atoms with van der Waals surface area (Å²) in [6.45, 7) is 1.11. The van der Waals surface area contributed by atoms with Crippen LogP contribution in [0.2, 0.25) is 0 Å². The van der Waals surface area contributed by atoms with E-state index in [1.165, 1.54) is 0 Å². The highest BCUT2D eigenvalue weighted by Crippen LogP contribution is 2.18. The molecule has 0 aliphatic rings. The van der Waals surface area contributed by atoms with E-state index in [9.17, 15) is 4.79 Å². The van der Waals surface area contributed by atoms with E-state index in [2.05, 4.69) is 0 Å². The van der Waals surface area contributed by atoms with Gasteiger partial charge in [-0.3, -0.25) is 4.79 Å². The molecule has 18 heavy (non-hydrogen) atoms. The minimum atomic E-state index is 0. The van der Waals surface area contributed by atoms with E-state index in [1.807, 2.05) is 24.3 Å². The molecule has 0 atom stereocenters. The SMILES string of the molecule is COc1ccccc1CN(C)C(=O)CCCN.Cl. The van der Waals surface area contributed by atoms with Crippen LogP contribution in [0.1, 0.15) is 18.4 Å². The Bertz CT molecular complexity index is 372. The lowest BCUT2D eigenvalue weighted by Crippen LogP contribution is -2.26. The van der Waals surface area contributed by atoms with Gasteiger partial charge in [0, 0.05) is 25.6 Å². The van der Waals surface area contributed by atoms with Gasteiger partial charge in [0.1, 0.15) is 5.75 Å². The molecule has 0 spiro atoms. The first-order valence-electron chi connectivity index (χ1n) is 5.75. The van der Waals surface area contributed by atoms with Gasteiger partial charge in [0.25, 0.3) is 0 Å². The van der Waals surface area contributed by atoms with Crippen molar-refractivity contribution in [2.75, 3.05) is 20.7 Å². The topological polar surface area (TPSA) is 55.6 Å². The molecular formula is C13H21ClN2O2. The Morgan fingerprint density at radius 1 is 1.39 bits per heavy atom. The van der Waals surface area contributed by atoms with Crippen LogP contribution in [0.3, 0.4) is 0 Å². The molecule has 4 nitrogen and oxygen atoms in total. The Morgan fingerprint density at radius 3 is 2.67 bits per heavy atom. The fraction of sp³-hybridized carbons (Fsp3) is 0.462. The number of hydrogen-bond donors (Lipinski definition) is 1. The highest BCUT2D eigenvalue weighted by Gasteiger charge is 2.10. The second-order valence-electron chi connectivity index (χ2n) is 3.95. The van der Waals surface area contributed by atoms with Crippen molar-refractivity contribution < 1.29 is 9.53 Å². The summed E-state index contributed by atoms with van der Waals surface area (Å²) in [5, 5.41) is 0. The van der Waals surface area contributed by atoms with Gasteiger partial charge < -0.3 is 15.4 Å². The Labute approximate surface area is 115 Å². The van der Waals surface area contributed by atoms with E-state index in [1.54, 1.807) is 19.1 Å². The van der Waals surface area contributed by atoms with E-state index < -0.39 is 0 Å². The van der Waals surface area contributed by atoms with E-state index in [4.69, 9.17) is 10.5 Å². The Morgan fingerprint density at radius 2 is 2.06 bits per heavy atom. The van der Waals surface area contributed by atoms with Gasteiger partial charge in [-0.1, -0.05) is 18.2 Å². The van der Waals surface area contributed by atoms with Crippen molar-refractivity contribution in [3.05, 3.63) is 29.8 Å². The van der Waals surface area contributed by atoms with Gasteiger partial charge in [-0.15, -0.1) is 12.4 Å². The van der Waals surface area contributed by atoms with Crippen LogP contribution in [0.5, 0.6) is 5.75 Å². The number of para-hydroxylation sites is 1. The maximum atomic E-state index is 11.7. The third-order valence-electron chi connectivity index (χ3n) is 2.62. The maximum Gasteiger partial charge on any atom is 0.222 e. The van der Waals surface area contributed by atoms with E-state index >= 15 is 0 Å². The average molecular weight is 273 g/mol. The molecule has 0 fully saturated rings. The number of hydrogen-bond acceptors (Lipinski definition) is 3. The molecule has 0 saturated carbocycles. The highest BCUT2D eigenvalue weighted by atomic mass is 35.5. The smallest absolute Gasteiger partial charge is 0.222 e. The summed E-state index contributed by atoms with van der Waals surface area (Å²) in [7, 11) is 3.43. The fourth-order valence-corrected chi connectivity index (χ4v) is 1.62. The molecule has 0 aliphatic carbocycles. The lowest BCUT2D eigenvalue weighted by Gasteiger charge is -2.18. The van der Waals surface area contributed by atoms with Crippen LogP contribution in [0, 0.1) is 0 Å². The summed E-state index contributed by atoms with van der Waals surface area (Å²) in [6.07, 6.45) is 1.23. The number of ether oxygens (including phenoxy) is 1. The monoisotopic (exact) mass is 272 g/mol. The minimum Gasteiger partial charge on any atom is -0.496 e. The molecule has 0 heterocycles. The zero-order valence-electron chi connectivity index (χ0n) is 10.9. The zero-order valence-corrected chi connectivity index (χ0v) is 11.7. The van der Waals surface area contributed by atoms with Crippen molar-refractivity contribution >= 4 is 18.3 Å². The Kier molecular flexibility index (Phi) is 8.16. The maximum absolute atomic E-state index is 11.7. The van der Waals surface area contributed by atoms with E-state index in [0.717, 1.165) is 17.7 Å². The fourth-order valence-electron chi connectivity index (χ4n) is 1.62. The summed E-state index contributed by atoms with van der Waals surface area (Å²) < 4.78 is 5.25. The highest BCUT2D eigenvalue weighted by molar-refractivity contribution is 5.85.